The molecule has 0 heterocycles. The number of rotatable bonds is 1. The minimum absolute atomic E-state index is 0.0185. The Morgan fingerprint density at radius 1 is 1.27 bits per heavy atom. The summed E-state index contributed by atoms with van der Waals surface area (Å²) < 4.78 is 8.88. The Labute approximate surface area is 62.7 Å². The van der Waals surface area contributed by atoms with Crippen LogP contribution in [-0.2, 0) is 9.36 Å². The molecule has 0 saturated heterocycles. The van der Waals surface area contributed by atoms with Crippen LogP contribution in [0.2, 0.25) is 0 Å². The molecule has 0 aromatic rings. The Morgan fingerprint density at radius 2 is 1.55 bits per heavy atom. The van der Waals surface area contributed by atoms with Gasteiger partial charge in [0, 0.05) is 0 Å². The van der Waals surface area contributed by atoms with Crippen molar-refractivity contribution >= 4 is 13.8 Å². The van der Waals surface area contributed by atoms with E-state index in [-0.39, 0.29) is 5.92 Å². The molecule has 0 aromatic carbocycles. The molecule has 0 aromatic heterocycles. The number of hydrogen-bond acceptors (Lipinski definition) is 2. The summed E-state index contributed by atoms with van der Waals surface area (Å²) in [6.07, 6.45) is 1.80. The van der Waals surface area contributed by atoms with Crippen LogP contribution in [0.4, 0.5) is 0 Å². The zero-order chi connectivity index (χ0) is 9.07. The van der Waals surface area contributed by atoms with Crippen molar-refractivity contribution in [3.8, 4) is 0 Å². The standard InChI is InChI=1S/C4H6O2.H3O4P/c5-4(6)3-1-2-3;1-5(2,3)4/h3H,1-2H2,(H,5,6);(H3,1,2,3,4). The highest BCUT2D eigenvalue weighted by atomic mass is 31.2. The highest BCUT2D eigenvalue weighted by molar-refractivity contribution is 7.45. The van der Waals surface area contributed by atoms with Crippen LogP contribution in [0.1, 0.15) is 12.8 Å². The van der Waals surface area contributed by atoms with Gasteiger partial charge in [-0.25, -0.2) is 4.57 Å². The summed E-state index contributed by atoms with van der Waals surface area (Å²) in [5, 5.41) is 8.05. The summed E-state index contributed by atoms with van der Waals surface area (Å²) in [5.41, 5.74) is 0. The molecule has 0 unspecified atom stereocenters. The molecule has 1 aliphatic carbocycles. The van der Waals surface area contributed by atoms with E-state index in [0.29, 0.717) is 0 Å². The summed E-state index contributed by atoms with van der Waals surface area (Å²) in [4.78, 5) is 31.3. The fourth-order valence-corrected chi connectivity index (χ4v) is 0.330. The molecule has 1 rings (SSSR count). The SMILES string of the molecule is O=C(O)C1CC1.O=P(O)(O)O. The molecule has 0 atom stereocenters. The van der Waals surface area contributed by atoms with Crippen LogP contribution in [0, 0.1) is 5.92 Å². The first-order valence-corrected chi connectivity index (χ1v) is 4.38. The predicted octanol–water partition coefficient (Wildman–Crippen LogP) is -0.448. The molecule has 66 valence electrons. The summed E-state index contributed by atoms with van der Waals surface area (Å²) >= 11 is 0. The molecule has 7 heteroatoms. The van der Waals surface area contributed by atoms with Gasteiger partial charge in [0.2, 0.25) is 0 Å². The van der Waals surface area contributed by atoms with E-state index >= 15 is 0 Å². The van der Waals surface area contributed by atoms with Crippen LogP contribution in [0.15, 0.2) is 0 Å². The first-order chi connectivity index (χ1) is 4.80. The molecule has 1 fully saturated rings. The lowest BCUT2D eigenvalue weighted by Crippen LogP contribution is -1.94. The van der Waals surface area contributed by atoms with Gasteiger partial charge in [0.25, 0.3) is 0 Å². The average Bonchev–Trinajstić information content (AvgIpc) is 2.34. The lowest BCUT2D eigenvalue weighted by molar-refractivity contribution is -0.138. The largest absolute Gasteiger partial charge is 0.481 e. The van der Waals surface area contributed by atoms with E-state index in [1.165, 1.54) is 0 Å². The predicted molar refractivity (Wildman–Crippen MR) is 34.6 cm³/mol. The van der Waals surface area contributed by atoms with Crippen molar-refractivity contribution in [1.82, 2.24) is 0 Å². The van der Waals surface area contributed by atoms with Crippen LogP contribution >= 0.6 is 7.82 Å². The number of carboxylic acid groups (broad SMARTS) is 1. The van der Waals surface area contributed by atoms with Crippen LogP contribution in [0.25, 0.3) is 0 Å². The van der Waals surface area contributed by atoms with Gasteiger partial charge in [0.15, 0.2) is 0 Å². The fourth-order valence-electron chi connectivity index (χ4n) is 0.330. The molecular weight excluding hydrogens is 175 g/mol. The first kappa shape index (κ1) is 10.6. The molecule has 0 bridgehead atoms. The zero-order valence-corrected chi connectivity index (χ0v) is 6.44. The van der Waals surface area contributed by atoms with E-state index in [1.807, 2.05) is 0 Å². The molecule has 0 radical (unpaired) electrons. The Bertz CT molecular complexity index is 171. The molecule has 6 nitrogen and oxygen atoms in total. The summed E-state index contributed by atoms with van der Waals surface area (Å²) in [7, 11) is -4.64. The van der Waals surface area contributed by atoms with Gasteiger partial charge < -0.3 is 19.8 Å². The third-order valence-corrected chi connectivity index (χ3v) is 0.927. The van der Waals surface area contributed by atoms with Gasteiger partial charge in [-0.15, -0.1) is 0 Å². The lowest BCUT2D eigenvalue weighted by atomic mass is 10.5. The fraction of sp³-hybridized carbons (Fsp3) is 0.750. The Kier molecular flexibility index (Phi) is 3.68. The topological polar surface area (TPSA) is 115 Å². The number of carboxylic acids is 1. The summed E-state index contributed by atoms with van der Waals surface area (Å²) in [5.74, 6) is -0.611. The summed E-state index contributed by atoms with van der Waals surface area (Å²) in [6.45, 7) is 0. The molecule has 0 spiro atoms. The number of carbonyl (C=O) groups is 1. The maximum Gasteiger partial charge on any atom is 0.466 e. The minimum atomic E-state index is -4.64. The van der Waals surface area contributed by atoms with Gasteiger partial charge in [-0.2, -0.15) is 0 Å². The highest BCUT2D eigenvalue weighted by Crippen LogP contribution is 2.28. The second kappa shape index (κ2) is 3.82. The molecule has 1 aliphatic rings. The van der Waals surface area contributed by atoms with E-state index in [4.69, 9.17) is 24.4 Å². The van der Waals surface area contributed by atoms with E-state index < -0.39 is 13.8 Å². The van der Waals surface area contributed by atoms with Gasteiger partial charge in [0.1, 0.15) is 0 Å². The quantitative estimate of drug-likeness (QED) is 0.410. The Morgan fingerprint density at radius 3 is 1.55 bits per heavy atom. The zero-order valence-electron chi connectivity index (χ0n) is 5.54. The van der Waals surface area contributed by atoms with Gasteiger partial charge in [-0.1, -0.05) is 0 Å². The smallest absolute Gasteiger partial charge is 0.466 e. The second-order valence-corrected chi connectivity index (χ2v) is 3.15. The van der Waals surface area contributed by atoms with Gasteiger partial charge in [-0.3, -0.25) is 4.79 Å². The van der Waals surface area contributed by atoms with Crippen LogP contribution < -0.4 is 0 Å². The third kappa shape index (κ3) is 12.7. The van der Waals surface area contributed by atoms with E-state index in [9.17, 15) is 4.79 Å². The molecular formula is C4H9O6P. The normalized spacial score (nSPS) is 16.6. The van der Waals surface area contributed by atoms with Crippen molar-refractivity contribution in [2.75, 3.05) is 0 Å². The maximum atomic E-state index is 9.76. The van der Waals surface area contributed by atoms with Crippen molar-refractivity contribution in [3.05, 3.63) is 0 Å². The van der Waals surface area contributed by atoms with Gasteiger partial charge in [0.05, 0.1) is 5.92 Å². The highest BCUT2D eigenvalue weighted by Gasteiger charge is 2.28. The number of aliphatic carboxylic acids is 1. The minimum Gasteiger partial charge on any atom is -0.481 e. The number of phosphoric acid groups is 1. The van der Waals surface area contributed by atoms with E-state index in [1.54, 1.807) is 0 Å². The second-order valence-electron chi connectivity index (χ2n) is 2.13. The van der Waals surface area contributed by atoms with Crippen LogP contribution in [0.5, 0.6) is 0 Å². The van der Waals surface area contributed by atoms with Crippen molar-refractivity contribution in [1.29, 1.82) is 0 Å². The van der Waals surface area contributed by atoms with Crippen molar-refractivity contribution < 1.29 is 29.1 Å². The summed E-state index contributed by atoms with van der Waals surface area (Å²) in [6, 6.07) is 0. The molecule has 11 heavy (non-hydrogen) atoms. The molecule has 4 N–H and O–H groups in total. The van der Waals surface area contributed by atoms with Gasteiger partial charge in [-0.05, 0) is 12.8 Å². The first-order valence-electron chi connectivity index (χ1n) is 2.82. The third-order valence-electron chi connectivity index (χ3n) is 0.927. The van der Waals surface area contributed by atoms with Crippen LogP contribution in [0.3, 0.4) is 0 Å². The molecule has 0 aliphatic heterocycles. The van der Waals surface area contributed by atoms with Crippen molar-refractivity contribution in [2.45, 2.75) is 12.8 Å². The molecule has 1 saturated carbocycles. The van der Waals surface area contributed by atoms with E-state index in [0.717, 1.165) is 12.8 Å². The monoisotopic (exact) mass is 184 g/mol. The van der Waals surface area contributed by atoms with Crippen LogP contribution in [-0.4, -0.2) is 25.8 Å². The van der Waals surface area contributed by atoms with Crippen molar-refractivity contribution in [2.24, 2.45) is 5.92 Å². The Hall–Kier alpha value is -0.420. The average molecular weight is 184 g/mol. The number of hydrogen-bond donors (Lipinski definition) is 4. The van der Waals surface area contributed by atoms with Gasteiger partial charge >= 0.3 is 13.8 Å². The Balaban J connectivity index is 0.000000187. The molecule has 0 amide bonds. The lowest BCUT2D eigenvalue weighted by Gasteiger charge is -1.82. The maximum absolute atomic E-state index is 9.76. The van der Waals surface area contributed by atoms with E-state index in [2.05, 4.69) is 0 Å². The van der Waals surface area contributed by atoms with Crippen molar-refractivity contribution in [3.63, 3.8) is 0 Å².